The number of hydrogen-bond acceptors (Lipinski definition) is 6. The molecule has 0 saturated carbocycles. The highest BCUT2D eigenvalue weighted by Gasteiger charge is 2.14. The molecule has 0 aliphatic rings. The van der Waals surface area contributed by atoms with E-state index in [0.29, 0.717) is 27.9 Å². The second-order valence-electron chi connectivity index (χ2n) is 5.35. The number of nitrogens with zero attached hydrogens (tertiary/aromatic N) is 1. The number of nitro benzene ring substituents is 1. The number of nitro groups is 1. The molecule has 2 aromatic carbocycles. The van der Waals surface area contributed by atoms with E-state index in [9.17, 15) is 14.9 Å². The van der Waals surface area contributed by atoms with E-state index >= 15 is 0 Å². The fourth-order valence-electron chi connectivity index (χ4n) is 2.25. The molecule has 0 saturated heterocycles. The number of anilines is 2. The summed E-state index contributed by atoms with van der Waals surface area (Å²) in [5, 5.41) is 17.0. The topological polar surface area (TPSA) is 103 Å². The first-order valence-electron chi connectivity index (χ1n) is 7.56. The molecule has 2 rings (SSSR count). The zero-order valence-corrected chi connectivity index (χ0v) is 15.2. The average Bonchev–Trinajstić information content (AvgIpc) is 2.62. The molecule has 2 N–H and O–H groups in total. The first-order chi connectivity index (χ1) is 12.3. The summed E-state index contributed by atoms with van der Waals surface area (Å²) in [6.45, 7) is 1.69. The number of hydrogen-bond donors (Lipinski definition) is 2. The molecule has 8 nitrogen and oxygen atoms in total. The fraction of sp³-hybridized carbons (Fsp3) is 0.235. The normalized spacial score (nSPS) is 10.2. The van der Waals surface area contributed by atoms with Crippen molar-refractivity contribution in [2.24, 2.45) is 0 Å². The van der Waals surface area contributed by atoms with Crippen molar-refractivity contribution in [2.45, 2.75) is 6.92 Å². The minimum absolute atomic E-state index is 0.108. The average molecular weight is 380 g/mol. The molecule has 0 aromatic heterocycles. The van der Waals surface area contributed by atoms with Crippen molar-refractivity contribution in [1.82, 2.24) is 0 Å². The van der Waals surface area contributed by atoms with Crippen molar-refractivity contribution in [1.29, 1.82) is 0 Å². The van der Waals surface area contributed by atoms with Gasteiger partial charge in [-0.2, -0.15) is 0 Å². The Morgan fingerprint density at radius 3 is 2.46 bits per heavy atom. The minimum Gasteiger partial charge on any atom is -0.495 e. The van der Waals surface area contributed by atoms with Crippen LogP contribution in [0.15, 0.2) is 30.3 Å². The van der Waals surface area contributed by atoms with Gasteiger partial charge in [-0.15, -0.1) is 0 Å². The van der Waals surface area contributed by atoms with Crippen molar-refractivity contribution in [3.63, 3.8) is 0 Å². The standard InChI is InChI=1S/C17H18ClN3O5/c1-10-6-14(16(26-3)8-12(10)18)20-17(22)9-19-13-7-11(21(23)24)4-5-15(13)25-2/h4-8,19H,9H2,1-3H3,(H,20,22). The molecular weight excluding hydrogens is 362 g/mol. The number of amides is 1. The third-order valence-electron chi connectivity index (χ3n) is 3.59. The van der Waals surface area contributed by atoms with E-state index in [1.165, 1.54) is 32.4 Å². The van der Waals surface area contributed by atoms with Crippen molar-refractivity contribution < 1.29 is 19.2 Å². The summed E-state index contributed by atoms with van der Waals surface area (Å²) in [7, 11) is 2.91. The Bertz CT molecular complexity index is 841. The highest BCUT2D eigenvalue weighted by molar-refractivity contribution is 6.31. The number of methoxy groups -OCH3 is 2. The van der Waals surface area contributed by atoms with E-state index in [-0.39, 0.29) is 18.1 Å². The van der Waals surface area contributed by atoms with Gasteiger partial charge < -0.3 is 20.1 Å². The summed E-state index contributed by atoms with van der Waals surface area (Å²) in [5.74, 6) is 0.462. The van der Waals surface area contributed by atoms with Crippen LogP contribution in [0.2, 0.25) is 5.02 Å². The van der Waals surface area contributed by atoms with Crippen LogP contribution in [0, 0.1) is 17.0 Å². The first-order valence-corrected chi connectivity index (χ1v) is 7.93. The van der Waals surface area contributed by atoms with Crippen LogP contribution in [-0.2, 0) is 4.79 Å². The van der Waals surface area contributed by atoms with E-state index in [2.05, 4.69) is 10.6 Å². The maximum atomic E-state index is 12.2. The van der Waals surface area contributed by atoms with E-state index in [1.54, 1.807) is 12.1 Å². The molecule has 0 aliphatic carbocycles. The van der Waals surface area contributed by atoms with Crippen LogP contribution in [-0.4, -0.2) is 31.6 Å². The van der Waals surface area contributed by atoms with Gasteiger partial charge >= 0.3 is 0 Å². The van der Waals surface area contributed by atoms with Gasteiger partial charge in [0.2, 0.25) is 5.91 Å². The third-order valence-corrected chi connectivity index (χ3v) is 4.00. The molecule has 0 spiro atoms. The maximum Gasteiger partial charge on any atom is 0.271 e. The molecule has 1 amide bonds. The molecular formula is C17H18ClN3O5. The van der Waals surface area contributed by atoms with Gasteiger partial charge in [0.25, 0.3) is 5.69 Å². The number of carbonyl (C=O) groups excluding carboxylic acids is 1. The molecule has 0 atom stereocenters. The van der Waals surface area contributed by atoms with E-state index in [0.717, 1.165) is 5.56 Å². The quantitative estimate of drug-likeness (QED) is 0.562. The van der Waals surface area contributed by atoms with Crippen LogP contribution in [0.3, 0.4) is 0 Å². The molecule has 9 heteroatoms. The minimum atomic E-state index is -0.522. The van der Waals surface area contributed by atoms with Crippen molar-refractivity contribution in [3.8, 4) is 11.5 Å². The lowest BCUT2D eigenvalue weighted by Crippen LogP contribution is -2.22. The zero-order chi connectivity index (χ0) is 19.3. The Kier molecular flexibility index (Phi) is 6.24. The molecule has 0 heterocycles. The van der Waals surface area contributed by atoms with Crippen molar-refractivity contribution in [2.75, 3.05) is 31.4 Å². The predicted octanol–water partition coefficient (Wildman–Crippen LogP) is 3.62. The van der Waals surface area contributed by atoms with Gasteiger partial charge in [0.05, 0.1) is 37.1 Å². The van der Waals surface area contributed by atoms with E-state index in [1.807, 2.05) is 6.92 Å². The van der Waals surface area contributed by atoms with Crippen LogP contribution < -0.4 is 20.1 Å². The lowest BCUT2D eigenvalue weighted by Gasteiger charge is -2.14. The number of non-ortho nitro benzene ring substituents is 1. The summed E-state index contributed by atoms with van der Waals surface area (Å²) in [5.41, 5.74) is 1.50. The highest BCUT2D eigenvalue weighted by atomic mass is 35.5. The third kappa shape index (κ3) is 4.54. The van der Waals surface area contributed by atoms with Gasteiger partial charge in [-0.05, 0) is 24.6 Å². The number of ether oxygens (including phenoxy) is 2. The Hall–Kier alpha value is -3.00. The summed E-state index contributed by atoms with van der Waals surface area (Å²) in [6.07, 6.45) is 0. The van der Waals surface area contributed by atoms with Gasteiger partial charge in [0.1, 0.15) is 11.5 Å². The Balaban J connectivity index is 2.11. The Labute approximate surface area is 155 Å². The SMILES string of the molecule is COc1ccc([N+](=O)[O-])cc1NCC(=O)Nc1cc(C)c(Cl)cc1OC. The number of rotatable bonds is 7. The van der Waals surface area contributed by atoms with Crippen molar-refractivity contribution in [3.05, 3.63) is 51.0 Å². The van der Waals surface area contributed by atoms with Crippen LogP contribution in [0.4, 0.5) is 17.1 Å². The maximum absolute atomic E-state index is 12.2. The van der Waals surface area contributed by atoms with Crippen LogP contribution in [0.25, 0.3) is 0 Å². The van der Waals surface area contributed by atoms with Crippen molar-refractivity contribution >= 4 is 34.6 Å². The molecule has 138 valence electrons. The van der Waals surface area contributed by atoms with E-state index < -0.39 is 4.92 Å². The number of aryl methyl sites for hydroxylation is 1. The largest absolute Gasteiger partial charge is 0.495 e. The number of benzene rings is 2. The molecule has 2 aromatic rings. The van der Waals surface area contributed by atoms with E-state index in [4.69, 9.17) is 21.1 Å². The fourth-order valence-corrected chi connectivity index (χ4v) is 2.40. The summed E-state index contributed by atoms with van der Waals surface area (Å²) < 4.78 is 10.4. The second-order valence-corrected chi connectivity index (χ2v) is 5.75. The first kappa shape index (κ1) is 19.3. The van der Waals surface area contributed by atoms with Crippen LogP contribution in [0.1, 0.15) is 5.56 Å². The molecule has 0 fully saturated rings. The molecule has 0 bridgehead atoms. The lowest BCUT2D eigenvalue weighted by molar-refractivity contribution is -0.384. The Morgan fingerprint density at radius 1 is 1.15 bits per heavy atom. The summed E-state index contributed by atoms with van der Waals surface area (Å²) in [4.78, 5) is 22.6. The summed E-state index contributed by atoms with van der Waals surface area (Å²) >= 11 is 6.04. The highest BCUT2D eigenvalue weighted by Crippen LogP contribution is 2.31. The number of carbonyl (C=O) groups is 1. The number of nitrogens with one attached hydrogen (secondary N) is 2. The van der Waals surface area contributed by atoms with Gasteiger partial charge in [-0.1, -0.05) is 11.6 Å². The lowest BCUT2D eigenvalue weighted by atomic mass is 10.2. The number of halogens is 1. The predicted molar refractivity (Wildman–Crippen MR) is 99.5 cm³/mol. The molecule has 26 heavy (non-hydrogen) atoms. The second kappa shape index (κ2) is 8.39. The van der Waals surface area contributed by atoms with Crippen LogP contribution in [0.5, 0.6) is 11.5 Å². The van der Waals surface area contributed by atoms with Gasteiger partial charge in [-0.3, -0.25) is 14.9 Å². The van der Waals surface area contributed by atoms with Gasteiger partial charge in [0, 0.05) is 23.2 Å². The molecule has 0 unspecified atom stereocenters. The monoisotopic (exact) mass is 379 g/mol. The smallest absolute Gasteiger partial charge is 0.271 e. The zero-order valence-electron chi connectivity index (χ0n) is 14.5. The molecule has 0 aliphatic heterocycles. The Morgan fingerprint density at radius 2 is 1.85 bits per heavy atom. The van der Waals surface area contributed by atoms with Crippen LogP contribution >= 0.6 is 11.6 Å². The summed E-state index contributed by atoms with van der Waals surface area (Å²) in [6, 6.07) is 7.41. The van der Waals surface area contributed by atoms with Gasteiger partial charge in [0.15, 0.2) is 0 Å². The molecule has 0 radical (unpaired) electrons. The van der Waals surface area contributed by atoms with Gasteiger partial charge in [-0.25, -0.2) is 0 Å².